The number of rotatable bonds is 3. The molecule has 1 fully saturated rings. The van der Waals surface area contributed by atoms with E-state index in [9.17, 15) is 13.2 Å². The number of nitrogens with zero attached hydrogens (tertiary/aromatic N) is 3. The van der Waals surface area contributed by atoms with Crippen molar-refractivity contribution in [3.8, 4) is 0 Å². The SMILES string of the molecule is Cc1cc(NC(=O)c2ccc3ccn(C)c3c2)n([C@H]2CCS(=O)(=O)C2)n1. The Morgan fingerprint density at radius 1 is 1.27 bits per heavy atom. The molecule has 4 rings (SSSR count). The number of fused-ring (bicyclic) bond motifs is 1. The van der Waals surface area contributed by atoms with Gasteiger partial charge in [-0.05, 0) is 36.9 Å². The van der Waals surface area contributed by atoms with Gasteiger partial charge in [-0.3, -0.25) is 4.79 Å². The highest BCUT2D eigenvalue weighted by Gasteiger charge is 2.31. The summed E-state index contributed by atoms with van der Waals surface area (Å²) in [6, 6.07) is 9.07. The quantitative estimate of drug-likeness (QED) is 0.764. The van der Waals surface area contributed by atoms with Crippen LogP contribution in [0.25, 0.3) is 10.9 Å². The molecule has 1 atom stereocenters. The number of nitrogens with one attached hydrogen (secondary N) is 1. The molecule has 8 heteroatoms. The molecule has 2 aromatic heterocycles. The standard InChI is InChI=1S/C18H20N4O3S/c1-12-9-17(22(20-12)15-6-8-26(24,25)11-15)19-18(23)14-4-3-13-5-7-21(2)16(13)10-14/h3-5,7,9-10,15H,6,8,11H2,1-2H3,(H,19,23)/t15-/m0/s1. The summed E-state index contributed by atoms with van der Waals surface area (Å²) in [5.41, 5.74) is 2.26. The predicted molar refractivity (Wildman–Crippen MR) is 100 cm³/mol. The molecule has 1 aliphatic heterocycles. The lowest BCUT2D eigenvalue weighted by Gasteiger charge is -2.14. The van der Waals surface area contributed by atoms with Crippen molar-refractivity contribution in [2.24, 2.45) is 7.05 Å². The minimum absolute atomic E-state index is 0.0618. The van der Waals surface area contributed by atoms with E-state index in [-0.39, 0.29) is 23.5 Å². The number of hydrogen-bond acceptors (Lipinski definition) is 4. The molecule has 1 aliphatic rings. The van der Waals surface area contributed by atoms with Gasteiger partial charge in [0.05, 0.1) is 23.2 Å². The molecule has 0 unspecified atom stereocenters. The van der Waals surface area contributed by atoms with E-state index in [2.05, 4.69) is 10.4 Å². The predicted octanol–water partition coefficient (Wildman–Crippen LogP) is 2.30. The Balaban J connectivity index is 1.62. The lowest BCUT2D eigenvalue weighted by Crippen LogP contribution is -2.19. The maximum Gasteiger partial charge on any atom is 0.256 e. The lowest BCUT2D eigenvalue weighted by atomic mass is 10.1. The Morgan fingerprint density at radius 3 is 2.81 bits per heavy atom. The zero-order valence-electron chi connectivity index (χ0n) is 14.6. The minimum atomic E-state index is -3.03. The first kappa shape index (κ1) is 16.8. The first-order chi connectivity index (χ1) is 12.3. The van der Waals surface area contributed by atoms with Gasteiger partial charge in [-0.25, -0.2) is 13.1 Å². The number of sulfone groups is 1. The Labute approximate surface area is 151 Å². The van der Waals surface area contributed by atoms with E-state index in [1.165, 1.54) is 0 Å². The van der Waals surface area contributed by atoms with Gasteiger partial charge < -0.3 is 9.88 Å². The second kappa shape index (κ2) is 5.98. The van der Waals surface area contributed by atoms with E-state index in [1.807, 2.05) is 42.9 Å². The van der Waals surface area contributed by atoms with Crippen molar-refractivity contribution < 1.29 is 13.2 Å². The molecule has 0 bridgehead atoms. The largest absolute Gasteiger partial charge is 0.351 e. The zero-order chi connectivity index (χ0) is 18.5. The summed E-state index contributed by atoms with van der Waals surface area (Å²) in [4.78, 5) is 12.7. The molecule has 1 aromatic carbocycles. The summed E-state index contributed by atoms with van der Waals surface area (Å²) in [6.07, 6.45) is 2.47. The normalized spacial score (nSPS) is 19.1. The molecule has 1 N–H and O–H groups in total. The third-order valence-corrected chi connectivity index (χ3v) is 6.55. The molecule has 0 spiro atoms. The van der Waals surface area contributed by atoms with Crippen molar-refractivity contribution in [2.45, 2.75) is 19.4 Å². The fraction of sp³-hybridized carbons (Fsp3) is 0.333. The van der Waals surface area contributed by atoms with E-state index < -0.39 is 9.84 Å². The summed E-state index contributed by atoms with van der Waals surface area (Å²) in [7, 11) is -1.10. The second-order valence-corrected chi connectivity index (χ2v) is 9.06. The highest BCUT2D eigenvalue weighted by molar-refractivity contribution is 7.91. The van der Waals surface area contributed by atoms with Crippen LogP contribution >= 0.6 is 0 Å². The van der Waals surface area contributed by atoms with Crippen molar-refractivity contribution in [1.29, 1.82) is 0 Å². The molecule has 1 amide bonds. The third kappa shape index (κ3) is 3.01. The van der Waals surface area contributed by atoms with Crippen LogP contribution in [0.15, 0.2) is 36.5 Å². The van der Waals surface area contributed by atoms with Crippen LogP contribution in [0, 0.1) is 6.92 Å². The van der Waals surface area contributed by atoms with Gasteiger partial charge in [-0.15, -0.1) is 0 Å². The van der Waals surface area contributed by atoms with E-state index >= 15 is 0 Å². The van der Waals surface area contributed by atoms with Crippen LogP contribution < -0.4 is 5.32 Å². The van der Waals surface area contributed by atoms with Crippen molar-refractivity contribution in [2.75, 3.05) is 16.8 Å². The van der Waals surface area contributed by atoms with Gasteiger partial charge >= 0.3 is 0 Å². The molecule has 0 radical (unpaired) electrons. The lowest BCUT2D eigenvalue weighted by molar-refractivity contribution is 0.102. The average Bonchev–Trinajstić information content (AvgIpc) is 3.25. The molecule has 3 aromatic rings. The van der Waals surface area contributed by atoms with E-state index in [0.717, 1.165) is 16.6 Å². The Hall–Kier alpha value is -2.61. The van der Waals surface area contributed by atoms with Crippen LogP contribution in [0.1, 0.15) is 28.5 Å². The first-order valence-corrected chi connectivity index (χ1v) is 10.3. The van der Waals surface area contributed by atoms with Crippen LogP contribution in [0.3, 0.4) is 0 Å². The molecule has 1 saturated heterocycles. The van der Waals surface area contributed by atoms with Crippen molar-refractivity contribution in [3.63, 3.8) is 0 Å². The fourth-order valence-corrected chi connectivity index (χ4v) is 5.14. The second-order valence-electron chi connectivity index (χ2n) is 6.83. The zero-order valence-corrected chi connectivity index (χ0v) is 15.5. The van der Waals surface area contributed by atoms with Gasteiger partial charge in [0.15, 0.2) is 9.84 Å². The number of aromatic nitrogens is 3. The molecule has 0 aliphatic carbocycles. The summed E-state index contributed by atoms with van der Waals surface area (Å²) in [6.45, 7) is 1.83. The van der Waals surface area contributed by atoms with Crippen LogP contribution in [-0.4, -0.2) is 40.2 Å². The van der Waals surface area contributed by atoms with Crippen LogP contribution in [0.5, 0.6) is 0 Å². The van der Waals surface area contributed by atoms with Crippen LogP contribution in [0.2, 0.25) is 0 Å². The summed E-state index contributed by atoms with van der Waals surface area (Å²) in [5.74, 6) is 0.511. The van der Waals surface area contributed by atoms with Gasteiger partial charge in [0.25, 0.3) is 5.91 Å². The number of amides is 1. The molecule has 26 heavy (non-hydrogen) atoms. The number of benzene rings is 1. The Kier molecular flexibility index (Phi) is 3.87. The highest BCUT2D eigenvalue weighted by Crippen LogP contribution is 2.27. The maximum absolute atomic E-state index is 12.7. The van der Waals surface area contributed by atoms with Crippen molar-refractivity contribution in [1.82, 2.24) is 14.3 Å². The Bertz CT molecular complexity index is 1110. The van der Waals surface area contributed by atoms with E-state index in [1.54, 1.807) is 16.8 Å². The minimum Gasteiger partial charge on any atom is -0.351 e. The summed E-state index contributed by atoms with van der Waals surface area (Å²) >= 11 is 0. The molecule has 136 valence electrons. The fourth-order valence-electron chi connectivity index (χ4n) is 3.45. The number of anilines is 1. The van der Waals surface area contributed by atoms with Crippen molar-refractivity contribution in [3.05, 3.63) is 47.8 Å². The van der Waals surface area contributed by atoms with Gasteiger partial charge in [0.2, 0.25) is 0 Å². The van der Waals surface area contributed by atoms with Gasteiger partial charge in [-0.1, -0.05) is 6.07 Å². The highest BCUT2D eigenvalue weighted by atomic mass is 32.2. The van der Waals surface area contributed by atoms with Gasteiger partial charge in [-0.2, -0.15) is 5.10 Å². The van der Waals surface area contributed by atoms with Crippen molar-refractivity contribution >= 4 is 32.5 Å². The first-order valence-electron chi connectivity index (χ1n) is 8.45. The summed E-state index contributed by atoms with van der Waals surface area (Å²) < 4.78 is 27.2. The van der Waals surface area contributed by atoms with E-state index in [0.29, 0.717) is 17.8 Å². The molecule has 7 nitrogen and oxygen atoms in total. The number of carbonyl (C=O) groups excluding carboxylic acids is 1. The van der Waals surface area contributed by atoms with E-state index in [4.69, 9.17) is 0 Å². The third-order valence-electron chi connectivity index (χ3n) is 4.80. The van der Waals surface area contributed by atoms with Gasteiger partial charge in [0.1, 0.15) is 5.82 Å². The maximum atomic E-state index is 12.7. The summed E-state index contributed by atoms with van der Waals surface area (Å²) in [5, 5.41) is 8.35. The smallest absolute Gasteiger partial charge is 0.256 e. The molecule has 0 saturated carbocycles. The molecular weight excluding hydrogens is 352 g/mol. The van der Waals surface area contributed by atoms with Gasteiger partial charge in [0, 0.05) is 30.4 Å². The average molecular weight is 372 g/mol. The van der Waals surface area contributed by atoms with Crippen LogP contribution in [-0.2, 0) is 16.9 Å². The topological polar surface area (TPSA) is 86.0 Å². The van der Waals surface area contributed by atoms with Crippen LogP contribution in [0.4, 0.5) is 5.82 Å². The molecular formula is C18H20N4O3S. The Morgan fingerprint density at radius 2 is 2.08 bits per heavy atom. The monoisotopic (exact) mass is 372 g/mol. The number of carbonyl (C=O) groups is 1. The number of aryl methyl sites for hydroxylation is 2. The molecule has 3 heterocycles. The number of hydrogen-bond donors (Lipinski definition) is 1.